The number of halogens is 1. The summed E-state index contributed by atoms with van der Waals surface area (Å²) in [6.45, 7) is 0.165. The van der Waals surface area contributed by atoms with E-state index in [4.69, 9.17) is 0 Å². The molecule has 0 atom stereocenters. The standard InChI is InChI=1S/C17H19BrN4O/c1-22(2)16-9-3-13(4-10-16)11-20-21-17(23)12-19-15-7-5-14(18)6-8-15/h3-11,19H,12H2,1-2H3,(H,21,23)/b20-11+. The van der Waals surface area contributed by atoms with Gasteiger partial charge in [0.15, 0.2) is 0 Å². The number of carbonyl (C=O) groups is 1. The summed E-state index contributed by atoms with van der Waals surface area (Å²) < 4.78 is 0.998. The van der Waals surface area contributed by atoms with Gasteiger partial charge >= 0.3 is 0 Å². The average Bonchev–Trinajstić information content (AvgIpc) is 2.55. The van der Waals surface area contributed by atoms with Gasteiger partial charge in [0.25, 0.3) is 5.91 Å². The topological polar surface area (TPSA) is 56.7 Å². The summed E-state index contributed by atoms with van der Waals surface area (Å²) in [5.41, 5.74) is 5.42. The van der Waals surface area contributed by atoms with Crippen molar-refractivity contribution < 1.29 is 4.79 Å². The highest BCUT2D eigenvalue weighted by atomic mass is 79.9. The van der Waals surface area contributed by atoms with Crippen LogP contribution in [0.3, 0.4) is 0 Å². The van der Waals surface area contributed by atoms with Crippen LogP contribution in [-0.2, 0) is 4.79 Å². The molecular weight excluding hydrogens is 356 g/mol. The molecule has 0 heterocycles. The van der Waals surface area contributed by atoms with Crippen LogP contribution in [0.15, 0.2) is 58.1 Å². The molecule has 0 aliphatic carbocycles. The van der Waals surface area contributed by atoms with Crippen molar-refractivity contribution in [3.63, 3.8) is 0 Å². The fourth-order valence-electron chi connectivity index (χ4n) is 1.83. The van der Waals surface area contributed by atoms with E-state index >= 15 is 0 Å². The van der Waals surface area contributed by atoms with Crippen LogP contribution in [0.1, 0.15) is 5.56 Å². The SMILES string of the molecule is CN(C)c1ccc(/C=N/NC(=O)CNc2ccc(Br)cc2)cc1. The third-order valence-electron chi connectivity index (χ3n) is 3.11. The number of amides is 1. The highest BCUT2D eigenvalue weighted by Gasteiger charge is 1.99. The fourth-order valence-corrected chi connectivity index (χ4v) is 2.09. The lowest BCUT2D eigenvalue weighted by Crippen LogP contribution is -2.25. The van der Waals surface area contributed by atoms with E-state index in [1.54, 1.807) is 6.21 Å². The quantitative estimate of drug-likeness (QED) is 0.603. The molecule has 0 radical (unpaired) electrons. The molecule has 0 aliphatic rings. The van der Waals surface area contributed by atoms with Crippen molar-refractivity contribution in [2.75, 3.05) is 30.9 Å². The molecule has 0 aliphatic heterocycles. The number of benzene rings is 2. The first kappa shape index (κ1) is 17.0. The zero-order valence-corrected chi connectivity index (χ0v) is 14.7. The van der Waals surface area contributed by atoms with Crippen molar-refractivity contribution in [2.45, 2.75) is 0 Å². The first-order chi connectivity index (χ1) is 11.0. The highest BCUT2D eigenvalue weighted by molar-refractivity contribution is 9.10. The number of carbonyl (C=O) groups excluding carboxylic acids is 1. The Morgan fingerprint density at radius 2 is 1.78 bits per heavy atom. The van der Waals surface area contributed by atoms with Gasteiger partial charge in [0, 0.05) is 29.9 Å². The van der Waals surface area contributed by atoms with Crippen LogP contribution in [0.4, 0.5) is 11.4 Å². The van der Waals surface area contributed by atoms with Gasteiger partial charge in [-0.3, -0.25) is 4.79 Å². The number of hydrazone groups is 1. The van der Waals surface area contributed by atoms with Crippen molar-refractivity contribution in [3.8, 4) is 0 Å². The summed E-state index contributed by atoms with van der Waals surface area (Å²) in [6.07, 6.45) is 1.62. The van der Waals surface area contributed by atoms with Gasteiger partial charge in [0.05, 0.1) is 12.8 Å². The normalized spacial score (nSPS) is 10.6. The highest BCUT2D eigenvalue weighted by Crippen LogP contribution is 2.13. The predicted octanol–water partition coefficient (Wildman–Crippen LogP) is 3.08. The van der Waals surface area contributed by atoms with Gasteiger partial charge in [0.2, 0.25) is 0 Å². The Morgan fingerprint density at radius 1 is 1.13 bits per heavy atom. The molecule has 1 amide bonds. The number of hydrogen-bond acceptors (Lipinski definition) is 4. The number of anilines is 2. The average molecular weight is 375 g/mol. The molecule has 23 heavy (non-hydrogen) atoms. The minimum absolute atomic E-state index is 0.165. The lowest BCUT2D eigenvalue weighted by atomic mass is 10.2. The van der Waals surface area contributed by atoms with Gasteiger partial charge in [-0.05, 0) is 42.0 Å². The van der Waals surface area contributed by atoms with Crippen LogP contribution in [0.25, 0.3) is 0 Å². The predicted molar refractivity (Wildman–Crippen MR) is 99.1 cm³/mol. The molecular formula is C17H19BrN4O. The monoisotopic (exact) mass is 374 g/mol. The van der Waals surface area contributed by atoms with Crippen molar-refractivity contribution in [1.82, 2.24) is 5.43 Å². The molecule has 2 aromatic rings. The molecule has 0 spiro atoms. The smallest absolute Gasteiger partial charge is 0.259 e. The fraction of sp³-hybridized carbons (Fsp3) is 0.176. The molecule has 0 unspecified atom stereocenters. The van der Waals surface area contributed by atoms with Crippen LogP contribution in [0.2, 0.25) is 0 Å². The van der Waals surface area contributed by atoms with E-state index < -0.39 is 0 Å². The van der Waals surface area contributed by atoms with Gasteiger partial charge in [-0.15, -0.1) is 0 Å². The molecule has 0 fully saturated rings. The van der Waals surface area contributed by atoms with Gasteiger partial charge in [0.1, 0.15) is 0 Å². The Hall–Kier alpha value is -2.34. The van der Waals surface area contributed by atoms with E-state index in [9.17, 15) is 4.79 Å². The Bertz CT molecular complexity index is 666. The first-order valence-electron chi connectivity index (χ1n) is 7.13. The third kappa shape index (κ3) is 5.75. The van der Waals surface area contributed by atoms with Crippen molar-refractivity contribution >= 4 is 39.4 Å². The minimum atomic E-state index is -0.200. The zero-order valence-electron chi connectivity index (χ0n) is 13.1. The van der Waals surface area contributed by atoms with Crippen LogP contribution in [0.5, 0.6) is 0 Å². The van der Waals surface area contributed by atoms with Gasteiger partial charge in [-0.25, -0.2) is 5.43 Å². The second-order valence-electron chi connectivity index (χ2n) is 5.14. The van der Waals surface area contributed by atoms with Crippen molar-refractivity contribution in [2.24, 2.45) is 5.10 Å². The summed E-state index contributed by atoms with van der Waals surface area (Å²) in [4.78, 5) is 13.7. The second kappa shape index (κ2) is 8.33. The second-order valence-corrected chi connectivity index (χ2v) is 6.06. The van der Waals surface area contributed by atoms with Gasteiger partial charge < -0.3 is 10.2 Å². The summed E-state index contributed by atoms with van der Waals surface area (Å²) in [5.74, 6) is -0.200. The Kier molecular flexibility index (Phi) is 6.17. The Morgan fingerprint density at radius 3 is 2.39 bits per heavy atom. The molecule has 0 bridgehead atoms. The number of nitrogens with zero attached hydrogens (tertiary/aromatic N) is 2. The summed E-state index contributed by atoms with van der Waals surface area (Å²) in [6, 6.07) is 15.5. The summed E-state index contributed by atoms with van der Waals surface area (Å²) in [5, 5.41) is 6.98. The summed E-state index contributed by atoms with van der Waals surface area (Å²) >= 11 is 3.37. The lowest BCUT2D eigenvalue weighted by Gasteiger charge is -2.11. The Balaban J connectivity index is 1.78. The number of hydrogen-bond donors (Lipinski definition) is 2. The molecule has 2 N–H and O–H groups in total. The van der Waals surface area contributed by atoms with Gasteiger partial charge in [-0.1, -0.05) is 28.1 Å². The van der Waals surface area contributed by atoms with Crippen molar-refractivity contribution in [3.05, 3.63) is 58.6 Å². The largest absolute Gasteiger partial charge is 0.378 e. The molecule has 2 rings (SSSR count). The van der Waals surface area contributed by atoms with E-state index in [0.717, 1.165) is 21.4 Å². The van der Waals surface area contributed by atoms with Crippen molar-refractivity contribution in [1.29, 1.82) is 0 Å². The number of rotatable bonds is 6. The Labute approximate surface area is 144 Å². The van der Waals surface area contributed by atoms with E-state index in [1.807, 2.05) is 67.5 Å². The molecule has 0 saturated carbocycles. The maximum Gasteiger partial charge on any atom is 0.259 e. The molecule has 5 nitrogen and oxygen atoms in total. The number of nitrogens with one attached hydrogen (secondary N) is 2. The zero-order chi connectivity index (χ0) is 16.7. The van der Waals surface area contributed by atoms with Crippen LogP contribution >= 0.6 is 15.9 Å². The van der Waals surface area contributed by atoms with E-state index in [2.05, 4.69) is 31.8 Å². The van der Waals surface area contributed by atoms with E-state index in [0.29, 0.717) is 0 Å². The minimum Gasteiger partial charge on any atom is -0.378 e. The lowest BCUT2D eigenvalue weighted by molar-refractivity contribution is -0.119. The third-order valence-corrected chi connectivity index (χ3v) is 3.64. The van der Waals surface area contributed by atoms with E-state index in [1.165, 1.54) is 0 Å². The molecule has 0 saturated heterocycles. The van der Waals surface area contributed by atoms with E-state index in [-0.39, 0.29) is 12.5 Å². The maximum absolute atomic E-state index is 11.7. The maximum atomic E-state index is 11.7. The van der Waals surface area contributed by atoms with Crippen LogP contribution < -0.4 is 15.6 Å². The van der Waals surface area contributed by atoms with Crippen LogP contribution in [-0.4, -0.2) is 32.8 Å². The first-order valence-corrected chi connectivity index (χ1v) is 7.92. The molecule has 2 aromatic carbocycles. The molecule has 0 aromatic heterocycles. The molecule has 6 heteroatoms. The summed E-state index contributed by atoms with van der Waals surface area (Å²) in [7, 11) is 3.98. The van der Waals surface area contributed by atoms with Gasteiger partial charge in [-0.2, -0.15) is 5.10 Å². The van der Waals surface area contributed by atoms with Crippen LogP contribution in [0, 0.1) is 0 Å². The molecule has 120 valence electrons.